The summed E-state index contributed by atoms with van der Waals surface area (Å²) < 4.78 is 42.9. The van der Waals surface area contributed by atoms with Crippen LogP contribution in [-0.4, -0.2) is 91.0 Å². The maximum Gasteiger partial charge on any atom is 0.160 e. The molecule has 316 valence electrons. The van der Waals surface area contributed by atoms with Crippen LogP contribution in [0.3, 0.4) is 0 Å². The van der Waals surface area contributed by atoms with Crippen LogP contribution in [0.1, 0.15) is 22.3 Å². The first-order chi connectivity index (χ1) is 27.2. The number of ether oxygens (including phenoxy) is 8. The normalized spacial score (nSPS) is 12.7. The molecule has 0 unspecified atom stereocenters. The molecule has 4 atom stereocenters. The van der Waals surface area contributed by atoms with Crippen LogP contribution >= 0.6 is 48.8 Å². The lowest BCUT2D eigenvalue weighted by molar-refractivity contribution is 0.119. The average Bonchev–Trinajstić information content (AvgIpc) is 3.25. The number of aliphatic hydroxyl groups is 2. The summed E-state index contributed by atoms with van der Waals surface area (Å²) in [6, 6.07) is 23.7. The first kappa shape index (κ1) is 49.8. The first-order valence-electron chi connectivity index (χ1n) is 18.4. The molecule has 10 nitrogen and oxygen atoms in total. The molecular formula is C44H59Br3O10. The van der Waals surface area contributed by atoms with Gasteiger partial charge < -0.3 is 48.1 Å². The minimum absolute atomic E-state index is 0. The molecule has 0 fully saturated rings. The van der Waals surface area contributed by atoms with Crippen molar-refractivity contribution in [3.63, 3.8) is 0 Å². The zero-order chi connectivity index (χ0) is 41.0. The minimum Gasteiger partial charge on any atom is -0.493 e. The number of methoxy groups -OCH3 is 8. The highest BCUT2D eigenvalue weighted by molar-refractivity contribution is 9.09. The second kappa shape index (κ2) is 26.6. The third kappa shape index (κ3) is 14.5. The van der Waals surface area contributed by atoms with Gasteiger partial charge in [-0.1, -0.05) is 56.1 Å². The highest BCUT2D eigenvalue weighted by Crippen LogP contribution is 2.35. The Kier molecular flexibility index (Phi) is 23.2. The second-order valence-corrected chi connectivity index (χ2v) is 14.6. The summed E-state index contributed by atoms with van der Waals surface area (Å²) >= 11 is 7.44. The fourth-order valence-corrected chi connectivity index (χ4v) is 8.21. The van der Waals surface area contributed by atoms with Crippen molar-refractivity contribution < 1.29 is 48.1 Å². The Morgan fingerprint density at radius 2 is 0.579 bits per heavy atom. The topological polar surface area (TPSA) is 114 Å². The van der Waals surface area contributed by atoms with Gasteiger partial charge in [0.1, 0.15) is 0 Å². The predicted octanol–water partition coefficient (Wildman–Crippen LogP) is 8.83. The molecule has 0 aliphatic rings. The van der Waals surface area contributed by atoms with Gasteiger partial charge in [-0.3, -0.25) is 0 Å². The molecule has 13 heteroatoms. The molecule has 4 rings (SSSR count). The molecule has 0 aliphatic carbocycles. The molecule has 0 aromatic heterocycles. The van der Waals surface area contributed by atoms with Gasteiger partial charge in [0.25, 0.3) is 0 Å². The van der Waals surface area contributed by atoms with Gasteiger partial charge in [0.05, 0.1) is 56.9 Å². The van der Waals surface area contributed by atoms with Crippen LogP contribution in [0.25, 0.3) is 0 Å². The van der Waals surface area contributed by atoms with Crippen molar-refractivity contribution in [2.45, 2.75) is 25.7 Å². The number of hydrogen-bond acceptors (Lipinski definition) is 10. The molecule has 57 heavy (non-hydrogen) atoms. The van der Waals surface area contributed by atoms with E-state index in [9.17, 15) is 10.2 Å². The van der Waals surface area contributed by atoms with Gasteiger partial charge in [-0.25, -0.2) is 0 Å². The Balaban J connectivity index is 0.000000387. The van der Waals surface area contributed by atoms with Gasteiger partial charge in [0, 0.05) is 23.9 Å². The highest BCUT2D eigenvalue weighted by atomic mass is 79.9. The number of alkyl halides is 2. The van der Waals surface area contributed by atoms with E-state index in [1.54, 1.807) is 56.9 Å². The van der Waals surface area contributed by atoms with E-state index < -0.39 is 0 Å². The molecule has 2 N–H and O–H groups in total. The Morgan fingerprint density at radius 1 is 0.368 bits per heavy atom. The molecule has 0 spiro atoms. The van der Waals surface area contributed by atoms with E-state index in [4.69, 9.17) is 37.9 Å². The Bertz CT molecular complexity index is 1500. The summed E-state index contributed by atoms with van der Waals surface area (Å²) in [5.41, 5.74) is 4.51. The van der Waals surface area contributed by atoms with Crippen molar-refractivity contribution in [2.24, 2.45) is 23.7 Å². The average molecular weight is 988 g/mol. The summed E-state index contributed by atoms with van der Waals surface area (Å²) in [7, 11) is 13.0. The molecule has 0 saturated heterocycles. The van der Waals surface area contributed by atoms with Gasteiger partial charge in [-0.15, -0.1) is 17.0 Å². The van der Waals surface area contributed by atoms with Crippen molar-refractivity contribution in [1.82, 2.24) is 0 Å². The summed E-state index contributed by atoms with van der Waals surface area (Å²) in [6.45, 7) is -0.0419. The van der Waals surface area contributed by atoms with Gasteiger partial charge in [-0.05, 0) is 120 Å². The Labute approximate surface area is 366 Å². The monoisotopic (exact) mass is 984 g/mol. The molecule has 0 radical (unpaired) electrons. The third-order valence-corrected chi connectivity index (χ3v) is 11.6. The predicted molar refractivity (Wildman–Crippen MR) is 239 cm³/mol. The maximum atomic E-state index is 9.97. The molecule has 0 aliphatic heterocycles. The number of benzene rings is 4. The van der Waals surface area contributed by atoms with Crippen molar-refractivity contribution in [2.75, 3.05) is 80.8 Å². The molecule has 0 bridgehead atoms. The summed E-state index contributed by atoms with van der Waals surface area (Å²) in [6.07, 6.45) is 3.15. The van der Waals surface area contributed by atoms with Crippen LogP contribution in [0.15, 0.2) is 72.8 Å². The van der Waals surface area contributed by atoms with E-state index in [1.165, 1.54) is 11.1 Å². The van der Waals surface area contributed by atoms with Crippen molar-refractivity contribution in [3.05, 3.63) is 95.1 Å². The van der Waals surface area contributed by atoms with Crippen molar-refractivity contribution in [1.29, 1.82) is 0 Å². The molecule has 0 saturated carbocycles. The van der Waals surface area contributed by atoms with Crippen LogP contribution in [0.4, 0.5) is 0 Å². The lowest BCUT2D eigenvalue weighted by Gasteiger charge is -2.25. The maximum absolute atomic E-state index is 9.97. The number of aliphatic hydroxyl groups excluding tert-OH is 2. The lowest BCUT2D eigenvalue weighted by Crippen LogP contribution is -2.26. The van der Waals surface area contributed by atoms with E-state index in [0.29, 0.717) is 47.7 Å². The minimum atomic E-state index is -0.101. The highest BCUT2D eigenvalue weighted by Gasteiger charge is 2.24. The largest absolute Gasteiger partial charge is 0.493 e. The number of halogens is 3. The number of rotatable bonds is 22. The smallest absolute Gasteiger partial charge is 0.160 e. The summed E-state index contributed by atoms with van der Waals surface area (Å²) in [5, 5.41) is 21.8. The standard InChI is InChI=1S/C22H28Br2O4.C22H30O6.BrH/c2*1-25-19-7-5-15(11-21(19)27-3)9-17(13-23)18(14-24)10-16-6-8-20(26-2)22(12-16)28-4;/h5-8,11-12,17-18H,9-10,13-14H2,1-4H3;5-8,11-12,17-18,23-24H,9-10,13-14H2,1-4H3;1H/t2*17-,18+;. The van der Waals surface area contributed by atoms with Crippen LogP contribution in [-0.2, 0) is 25.7 Å². The quantitative estimate of drug-likeness (QED) is 0.0741. The fourth-order valence-electron chi connectivity index (χ4n) is 6.70. The van der Waals surface area contributed by atoms with Gasteiger partial charge in [0.2, 0.25) is 0 Å². The van der Waals surface area contributed by atoms with Gasteiger partial charge in [-0.2, -0.15) is 0 Å². The Morgan fingerprint density at radius 3 is 0.754 bits per heavy atom. The van der Waals surface area contributed by atoms with Crippen LogP contribution in [0.2, 0.25) is 0 Å². The molecular weight excluding hydrogens is 928 g/mol. The van der Waals surface area contributed by atoms with E-state index in [-0.39, 0.29) is 42.0 Å². The number of hydrogen-bond donors (Lipinski definition) is 2. The van der Waals surface area contributed by atoms with Crippen molar-refractivity contribution in [3.8, 4) is 46.0 Å². The summed E-state index contributed by atoms with van der Waals surface area (Å²) in [5.74, 6) is 6.39. The van der Waals surface area contributed by atoms with Crippen molar-refractivity contribution >= 4 is 48.8 Å². The first-order valence-corrected chi connectivity index (χ1v) is 20.6. The van der Waals surface area contributed by atoms with E-state index in [1.807, 2.05) is 48.5 Å². The lowest BCUT2D eigenvalue weighted by atomic mass is 9.83. The molecule has 0 amide bonds. The zero-order valence-corrected chi connectivity index (χ0v) is 39.1. The molecule has 4 aromatic carbocycles. The molecule has 4 aromatic rings. The van der Waals surface area contributed by atoms with Crippen LogP contribution in [0.5, 0.6) is 46.0 Å². The second-order valence-electron chi connectivity index (χ2n) is 13.3. The fraction of sp³-hybridized carbons (Fsp3) is 0.455. The zero-order valence-electron chi connectivity index (χ0n) is 34.2. The summed E-state index contributed by atoms with van der Waals surface area (Å²) in [4.78, 5) is 0. The van der Waals surface area contributed by atoms with Gasteiger partial charge in [0.15, 0.2) is 46.0 Å². The van der Waals surface area contributed by atoms with Crippen LogP contribution < -0.4 is 37.9 Å². The molecule has 0 heterocycles. The van der Waals surface area contributed by atoms with E-state index in [2.05, 4.69) is 56.1 Å². The van der Waals surface area contributed by atoms with E-state index in [0.717, 1.165) is 57.6 Å². The van der Waals surface area contributed by atoms with Gasteiger partial charge >= 0.3 is 0 Å². The SMILES string of the molecule is Br.COc1ccc(C[C@@H](CBr)[C@@H](CBr)Cc2ccc(OC)c(OC)c2)cc1OC.COc1ccc(C[C@@H](CO)[C@@H](CO)Cc2ccc(OC)c(OC)c2)cc1OC. The van der Waals surface area contributed by atoms with Crippen LogP contribution in [0, 0.1) is 23.7 Å². The third-order valence-electron chi connectivity index (χ3n) is 9.98. The Hall–Kier alpha value is -3.36. The van der Waals surface area contributed by atoms with E-state index >= 15 is 0 Å².